The molecule has 5 nitrogen and oxygen atoms in total. The van der Waals surface area contributed by atoms with E-state index in [2.05, 4.69) is 0 Å². The zero-order chi connectivity index (χ0) is 15.5. The lowest BCUT2D eigenvalue weighted by atomic mass is 10.1. The molecule has 1 aliphatic heterocycles. The van der Waals surface area contributed by atoms with E-state index < -0.39 is 10.0 Å². The molecule has 0 aliphatic carbocycles. The van der Waals surface area contributed by atoms with Crippen LogP contribution >= 0.6 is 0 Å². The van der Waals surface area contributed by atoms with E-state index in [1.54, 1.807) is 22.5 Å². The summed E-state index contributed by atoms with van der Waals surface area (Å²) >= 11 is 0. The molecule has 0 spiro atoms. The largest absolute Gasteiger partial charge is 0.399 e. The van der Waals surface area contributed by atoms with Gasteiger partial charge in [0.05, 0.1) is 4.90 Å². The van der Waals surface area contributed by atoms with Crippen LogP contribution in [0.1, 0.15) is 38.2 Å². The van der Waals surface area contributed by atoms with E-state index in [1.165, 1.54) is 0 Å². The number of sulfonamides is 1. The van der Waals surface area contributed by atoms with E-state index in [0.717, 1.165) is 18.4 Å². The third-order valence-corrected chi connectivity index (χ3v) is 6.11. The second-order valence-corrected chi connectivity index (χ2v) is 7.36. The number of aryl methyl sites for hydroxylation is 1. The lowest BCUT2D eigenvalue weighted by Gasteiger charge is -2.25. The number of nitrogen functional groups attached to an aromatic ring is 1. The highest BCUT2D eigenvalue weighted by atomic mass is 32.2. The fraction of sp³-hybridized carbons (Fsp3) is 0.600. The highest BCUT2D eigenvalue weighted by molar-refractivity contribution is 7.89. The second kappa shape index (κ2) is 6.77. The van der Waals surface area contributed by atoms with E-state index >= 15 is 0 Å². The molecule has 2 rings (SSSR count). The van der Waals surface area contributed by atoms with Gasteiger partial charge in [0.2, 0.25) is 10.0 Å². The molecule has 0 aromatic heterocycles. The fourth-order valence-corrected chi connectivity index (χ4v) is 5.02. The zero-order valence-electron chi connectivity index (χ0n) is 12.5. The van der Waals surface area contributed by atoms with Gasteiger partial charge in [-0.2, -0.15) is 4.31 Å². The van der Waals surface area contributed by atoms with Gasteiger partial charge in [0.1, 0.15) is 0 Å². The number of nitrogens with two attached hydrogens (primary N) is 1. The molecule has 1 fully saturated rings. The highest BCUT2D eigenvalue weighted by Crippen LogP contribution is 2.31. The van der Waals surface area contributed by atoms with Gasteiger partial charge in [-0.25, -0.2) is 8.42 Å². The number of benzene rings is 1. The summed E-state index contributed by atoms with van der Waals surface area (Å²) in [6.07, 6.45) is 3.74. The normalized spacial score (nSPS) is 20.0. The summed E-state index contributed by atoms with van der Waals surface area (Å²) in [5.41, 5.74) is 7.05. The van der Waals surface area contributed by atoms with Crippen molar-refractivity contribution in [1.82, 2.24) is 4.31 Å². The molecule has 1 unspecified atom stereocenters. The zero-order valence-corrected chi connectivity index (χ0v) is 13.3. The third-order valence-electron chi connectivity index (χ3n) is 4.08. The predicted octanol–water partition coefficient (Wildman–Crippen LogP) is 1.76. The van der Waals surface area contributed by atoms with Crippen molar-refractivity contribution in [3.63, 3.8) is 0 Å². The summed E-state index contributed by atoms with van der Waals surface area (Å²) < 4.78 is 27.5. The Morgan fingerprint density at radius 2 is 2.19 bits per heavy atom. The summed E-state index contributed by atoms with van der Waals surface area (Å²) in [5.74, 6) is 0. The second-order valence-electron chi connectivity index (χ2n) is 5.50. The van der Waals surface area contributed by atoms with Crippen LogP contribution in [0, 0.1) is 0 Å². The van der Waals surface area contributed by atoms with Crippen molar-refractivity contribution in [3.8, 4) is 0 Å². The van der Waals surface area contributed by atoms with E-state index in [0.29, 0.717) is 36.4 Å². The van der Waals surface area contributed by atoms with Gasteiger partial charge in [0.15, 0.2) is 0 Å². The third kappa shape index (κ3) is 3.39. The Hall–Kier alpha value is -1.11. The molecule has 6 heteroatoms. The van der Waals surface area contributed by atoms with Gasteiger partial charge < -0.3 is 10.8 Å². The molecule has 1 aromatic rings. The van der Waals surface area contributed by atoms with Crippen LogP contribution in [-0.2, 0) is 16.4 Å². The lowest BCUT2D eigenvalue weighted by molar-refractivity contribution is 0.264. The minimum absolute atomic E-state index is 0.00622. The predicted molar refractivity (Wildman–Crippen MR) is 83.5 cm³/mol. The van der Waals surface area contributed by atoms with Gasteiger partial charge in [-0.05, 0) is 49.8 Å². The minimum Gasteiger partial charge on any atom is -0.399 e. The molecule has 1 aliphatic rings. The first kappa shape index (κ1) is 16.3. The number of nitrogens with zero attached hydrogens (tertiary/aromatic N) is 1. The minimum atomic E-state index is -3.51. The van der Waals surface area contributed by atoms with Crippen molar-refractivity contribution < 1.29 is 13.5 Å². The number of hydrogen-bond acceptors (Lipinski definition) is 4. The van der Waals surface area contributed by atoms with Crippen LogP contribution in [0.3, 0.4) is 0 Å². The molecule has 3 N–H and O–H groups in total. The molecule has 0 saturated carbocycles. The maximum Gasteiger partial charge on any atom is 0.243 e. The van der Waals surface area contributed by atoms with Crippen molar-refractivity contribution in [2.75, 3.05) is 18.9 Å². The first-order valence-electron chi connectivity index (χ1n) is 7.51. The molecule has 0 radical (unpaired) electrons. The number of aliphatic hydroxyl groups is 1. The van der Waals surface area contributed by atoms with Gasteiger partial charge in [-0.1, -0.05) is 13.0 Å². The summed E-state index contributed by atoms with van der Waals surface area (Å²) in [6.45, 7) is 2.59. The van der Waals surface area contributed by atoms with Crippen LogP contribution in [-0.4, -0.2) is 37.0 Å². The average molecular weight is 312 g/mol. The number of aliphatic hydroxyl groups excluding tert-OH is 1. The topological polar surface area (TPSA) is 83.6 Å². The summed E-state index contributed by atoms with van der Waals surface area (Å²) in [4.78, 5) is 0.334. The molecule has 21 heavy (non-hydrogen) atoms. The van der Waals surface area contributed by atoms with Gasteiger partial charge in [-0.15, -0.1) is 0 Å². The molecule has 1 saturated heterocycles. The molecular formula is C15H24N2O3S. The standard InChI is InChI=1S/C15H24N2O3S/c1-2-12-7-8-13(16)11-15(12)21(19,20)17-9-3-5-14(17)6-4-10-18/h7-8,11,14,18H,2-6,9-10,16H2,1H3. The van der Waals surface area contributed by atoms with Gasteiger partial charge in [-0.3, -0.25) is 0 Å². The maximum absolute atomic E-state index is 12.9. The Kier molecular flexibility index (Phi) is 5.24. The SMILES string of the molecule is CCc1ccc(N)cc1S(=O)(=O)N1CCCC1CCCO. The molecule has 118 valence electrons. The molecule has 0 bridgehead atoms. The quantitative estimate of drug-likeness (QED) is 0.784. The van der Waals surface area contributed by atoms with E-state index in [1.807, 2.05) is 6.92 Å². The van der Waals surface area contributed by atoms with Crippen LogP contribution in [0.25, 0.3) is 0 Å². The van der Waals surface area contributed by atoms with Crippen LogP contribution in [0.2, 0.25) is 0 Å². The van der Waals surface area contributed by atoms with Crippen LogP contribution in [0.15, 0.2) is 23.1 Å². The Morgan fingerprint density at radius 1 is 1.43 bits per heavy atom. The summed E-state index contributed by atoms with van der Waals surface area (Å²) in [7, 11) is -3.51. The fourth-order valence-electron chi connectivity index (χ4n) is 2.97. The molecule has 1 aromatic carbocycles. The Labute approximate surface area is 126 Å². The van der Waals surface area contributed by atoms with E-state index in [9.17, 15) is 8.42 Å². The van der Waals surface area contributed by atoms with Crippen molar-refractivity contribution >= 4 is 15.7 Å². The molecule has 1 heterocycles. The number of anilines is 1. The smallest absolute Gasteiger partial charge is 0.243 e. The van der Waals surface area contributed by atoms with Gasteiger partial charge in [0.25, 0.3) is 0 Å². The summed E-state index contributed by atoms with van der Waals surface area (Å²) in [5, 5.41) is 8.97. The van der Waals surface area contributed by atoms with Gasteiger partial charge in [0, 0.05) is 24.9 Å². The molecule has 1 atom stereocenters. The molecular weight excluding hydrogens is 288 g/mol. The van der Waals surface area contributed by atoms with E-state index in [4.69, 9.17) is 10.8 Å². The van der Waals surface area contributed by atoms with Crippen LogP contribution < -0.4 is 5.73 Å². The summed E-state index contributed by atoms with van der Waals surface area (Å²) in [6, 6.07) is 5.09. The Morgan fingerprint density at radius 3 is 2.86 bits per heavy atom. The van der Waals surface area contributed by atoms with Crippen molar-refractivity contribution in [3.05, 3.63) is 23.8 Å². The lowest BCUT2D eigenvalue weighted by Crippen LogP contribution is -2.36. The van der Waals surface area contributed by atoms with Crippen molar-refractivity contribution in [1.29, 1.82) is 0 Å². The molecule has 0 amide bonds. The first-order valence-corrected chi connectivity index (χ1v) is 8.95. The monoisotopic (exact) mass is 312 g/mol. The average Bonchev–Trinajstić information content (AvgIpc) is 2.94. The van der Waals surface area contributed by atoms with Gasteiger partial charge >= 0.3 is 0 Å². The van der Waals surface area contributed by atoms with Crippen molar-refractivity contribution in [2.24, 2.45) is 0 Å². The number of hydrogen-bond donors (Lipinski definition) is 2. The highest BCUT2D eigenvalue weighted by Gasteiger charge is 2.35. The number of rotatable bonds is 6. The maximum atomic E-state index is 12.9. The van der Waals surface area contributed by atoms with Crippen molar-refractivity contribution in [2.45, 2.75) is 50.0 Å². The Balaban J connectivity index is 2.35. The van der Waals surface area contributed by atoms with E-state index in [-0.39, 0.29) is 12.6 Å². The van der Waals surface area contributed by atoms with Crippen LogP contribution in [0.4, 0.5) is 5.69 Å². The Bertz CT molecular complexity index is 587. The first-order chi connectivity index (χ1) is 10.0. The van der Waals surface area contributed by atoms with Crippen LogP contribution in [0.5, 0.6) is 0 Å².